The number of carbonyl (C=O) groups is 2. The molecular formula is C31H56N2O8. The molecule has 0 aromatic heterocycles. The molecular weight excluding hydrogens is 528 g/mol. The van der Waals surface area contributed by atoms with Crippen molar-refractivity contribution in [2.75, 3.05) is 20.3 Å². The number of piperidine rings is 1. The standard InChI is InChI=1S/C31H56N2O8/c1-19(35)40-26(17-29(41-20(2)36)24-13-21(10-12-34)5-4-6-25(37)14-24)8-7-22-15-30(39-3)28(38)18-27(22)23-9-11-33-31(32)16-23/h21-31,33-34,37-38H,4-18,32H2,1-3H3. The molecule has 3 rings (SSSR count). The van der Waals surface area contributed by atoms with E-state index in [0.29, 0.717) is 56.3 Å². The lowest BCUT2D eigenvalue weighted by atomic mass is 9.66. The van der Waals surface area contributed by atoms with E-state index in [0.717, 1.165) is 51.5 Å². The molecule has 3 fully saturated rings. The highest BCUT2D eigenvalue weighted by Crippen LogP contribution is 2.43. The second-order valence-electron chi connectivity index (χ2n) is 13.0. The van der Waals surface area contributed by atoms with Crippen molar-refractivity contribution in [2.45, 2.75) is 134 Å². The number of esters is 2. The smallest absolute Gasteiger partial charge is 0.302 e. The van der Waals surface area contributed by atoms with Gasteiger partial charge in [-0.3, -0.25) is 9.59 Å². The minimum Gasteiger partial charge on any atom is -0.462 e. The molecule has 0 spiro atoms. The van der Waals surface area contributed by atoms with Crippen LogP contribution in [-0.2, 0) is 23.8 Å². The third kappa shape index (κ3) is 11.0. The molecule has 1 heterocycles. The van der Waals surface area contributed by atoms with Crippen LogP contribution in [0.15, 0.2) is 0 Å². The van der Waals surface area contributed by atoms with Crippen molar-refractivity contribution < 1.29 is 39.1 Å². The Morgan fingerprint density at radius 2 is 1.73 bits per heavy atom. The first-order valence-electron chi connectivity index (χ1n) is 15.9. The van der Waals surface area contributed by atoms with Crippen molar-refractivity contribution in [3.63, 3.8) is 0 Å². The Morgan fingerprint density at radius 3 is 2.39 bits per heavy atom. The van der Waals surface area contributed by atoms with Gasteiger partial charge in [-0.05, 0) is 100 Å². The van der Waals surface area contributed by atoms with Gasteiger partial charge in [-0.2, -0.15) is 0 Å². The number of carbonyl (C=O) groups excluding carboxylic acids is 2. The molecule has 41 heavy (non-hydrogen) atoms. The molecule has 0 amide bonds. The largest absolute Gasteiger partial charge is 0.462 e. The third-order valence-corrected chi connectivity index (χ3v) is 9.90. The van der Waals surface area contributed by atoms with Gasteiger partial charge in [0.05, 0.1) is 24.5 Å². The summed E-state index contributed by atoms with van der Waals surface area (Å²) in [5.74, 6) is 0.424. The van der Waals surface area contributed by atoms with Gasteiger partial charge in [-0.15, -0.1) is 0 Å². The molecule has 0 bridgehead atoms. The van der Waals surface area contributed by atoms with E-state index < -0.39 is 30.4 Å². The van der Waals surface area contributed by atoms with Crippen molar-refractivity contribution in [1.82, 2.24) is 5.32 Å². The van der Waals surface area contributed by atoms with Gasteiger partial charge in [0.15, 0.2) is 0 Å². The SMILES string of the molecule is COC1CC(CCC(CC(OC(C)=O)C2CC(O)CCCC(CCO)C2)OC(C)=O)C(C2CCNC(N)C2)CC1O. The number of hydrogen-bond acceptors (Lipinski definition) is 10. The van der Waals surface area contributed by atoms with Crippen LogP contribution in [-0.4, -0.2) is 84.2 Å². The fourth-order valence-corrected chi connectivity index (χ4v) is 7.95. The number of rotatable bonds is 12. The molecule has 10 heteroatoms. The topological polar surface area (TPSA) is 161 Å². The fourth-order valence-electron chi connectivity index (χ4n) is 7.95. The van der Waals surface area contributed by atoms with Gasteiger partial charge in [0.25, 0.3) is 0 Å². The summed E-state index contributed by atoms with van der Waals surface area (Å²) in [7, 11) is 1.64. The number of nitrogens with one attached hydrogen (secondary N) is 1. The number of methoxy groups -OCH3 is 1. The van der Waals surface area contributed by atoms with Gasteiger partial charge in [-0.25, -0.2) is 0 Å². The van der Waals surface area contributed by atoms with Crippen LogP contribution in [0.5, 0.6) is 0 Å². The van der Waals surface area contributed by atoms with E-state index in [-0.39, 0.29) is 36.7 Å². The zero-order valence-electron chi connectivity index (χ0n) is 25.4. The van der Waals surface area contributed by atoms with E-state index in [1.165, 1.54) is 13.8 Å². The summed E-state index contributed by atoms with van der Waals surface area (Å²) in [5.41, 5.74) is 6.24. The zero-order chi connectivity index (χ0) is 29.9. The molecule has 1 aliphatic heterocycles. The lowest BCUT2D eigenvalue weighted by Gasteiger charge is -2.45. The van der Waals surface area contributed by atoms with Crippen LogP contribution >= 0.6 is 0 Å². The van der Waals surface area contributed by atoms with Gasteiger partial charge in [-0.1, -0.05) is 12.8 Å². The number of nitrogens with two attached hydrogens (primary N) is 1. The summed E-state index contributed by atoms with van der Waals surface area (Å²) >= 11 is 0. The first kappa shape index (κ1) is 34.2. The maximum Gasteiger partial charge on any atom is 0.302 e. The summed E-state index contributed by atoms with van der Waals surface area (Å²) < 4.78 is 17.3. The summed E-state index contributed by atoms with van der Waals surface area (Å²) in [5, 5.41) is 34.4. The first-order chi connectivity index (χ1) is 19.6. The summed E-state index contributed by atoms with van der Waals surface area (Å²) in [6, 6.07) is 0. The molecule has 11 atom stereocenters. The second-order valence-corrected chi connectivity index (χ2v) is 13.0. The zero-order valence-corrected chi connectivity index (χ0v) is 25.4. The van der Waals surface area contributed by atoms with Gasteiger partial charge >= 0.3 is 11.9 Å². The number of aliphatic hydroxyl groups excluding tert-OH is 3. The molecule has 0 aromatic carbocycles. The van der Waals surface area contributed by atoms with Crippen molar-refractivity contribution in [3.05, 3.63) is 0 Å². The lowest BCUT2D eigenvalue weighted by Crippen LogP contribution is -2.49. The third-order valence-electron chi connectivity index (χ3n) is 9.90. The summed E-state index contributed by atoms with van der Waals surface area (Å²) in [6.45, 7) is 3.77. The van der Waals surface area contributed by atoms with E-state index in [4.69, 9.17) is 19.9 Å². The van der Waals surface area contributed by atoms with Gasteiger partial charge < -0.3 is 40.6 Å². The molecule has 3 aliphatic rings. The van der Waals surface area contributed by atoms with Gasteiger partial charge in [0.1, 0.15) is 12.2 Å². The molecule has 2 aliphatic carbocycles. The monoisotopic (exact) mass is 584 g/mol. The van der Waals surface area contributed by atoms with Crippen LogP contribution in [0.25, 0.3) is 0 Å². The van der Waals surface area contributed by atoms with Gasteiger partial charge in [0.2, 0.25) is 0 Å². The van der Waals surface area contributed by atoms with Crippen LogP contribution in [0.3, 0.4) is 0 Å². The Balaban J connectivity index is 1.76. The second kappa shape index (κ2) is 17.1. The number of ether oxygens (including phenoxy) is 3. The van der Waals surface area contributed by atoms with Gasteiger partial charge in [0, 0.05) is 34.0 Å². The van der Waals surface area contributed by atoms with Crippen molar-refractivity contribution in [2.24, 2.45) is 35.3 Å². The highest BCUT2D eigenvalue weighted by molar-refractivity contribution is 5.66. The lowest BCUT2D eigenvalue weighted by molar-refractivity contribution is -0.157. The van der Waals surface area contributed by atoms with E-state index in [1.807, 2.05) is 0 Å². The highest BCUT2D eigenvalue weighted by atomic mass is 16.6. The Labute approximate surface area is 246 Å². The Hall–Kier alpha value is -1.30. The number of aliphatic hydroxyl groups is 3. The summed E-state index contributed by atoms with van der Waals surface area (Å²) in [6.07, 6.45) is 7.32. The normalized spacial score (nSPS) is 36.4. The van der Waals surface area contributed by atoms with E-state index in [2.05, 4.69) is 5.32 Å². The van der Waals surface area contributed by atoms with Crippen LogP contribution < -0.4 is 11.1 Å². The fraction of sp³-hybridized carbons (Fsp3) is 0.935. The highest BCUT2D eigenvalue weighted by Gasteiger charge is 2.42. The summed E-state index contributed by atoms with van der Waals surface area (Å²) in [4.78, 5) is 24.4. The van der Waals surface area contributed by atoms with Crippen LogP contribution in [0.2, 0.25) is 0 Å². The van der Waals surface area contributed by atoms with Crippen LogP contribution in [0.1, 0.15) is 97.3 Å². The minimum absolute atomic E-state index is 0.0428. The minimum atomic E-state index is -0.511. The molecule has 238 valence electrons. The molecule has 10 nitrogen and oxygen atoms in total. The predicted octanol–water partition coefficient (Wildman–Crippen LogP) is 2.65. The van der Waals surface area contributed by atoms with Crippen LogP contribution in [0, 0.1) is 29.6 Å². The average molecular weight is 585 g/mol. The molecule has 1 saturated heterocycles. The van der Waals surface area contributed by atoms with E-state index in [1.54, 1.807) is 7.11 Å². The average Bonchev–Trinajstić information content (AvgIpc) is 2.89. The van der Waals surface area contributed by atoms with Crippen molar-refractivity contribution in [1.29, 1.82) is 0 Å². The maximum atomic E-state index is 12.2. The van der Waals surface area contributed by atoms with E-state index >= 15 is 0 Å². The number of hydrogen-bond donors (Lipinski definition) is 5. The quantitative estimate of drug-likeness (QED) is 0.216. The molecule has 6 N–H and O–H groups in total. The molecule has 2 saturated carbocycles. The molecule has 0 aromatic rings. The van der Waals surface area contributed by atoms with Crippen molar-refractivity contribution >= 4 is 11.9 Å². The van der Waals surface area contributed by atoms with Crippen molar-refractivity contribution in [3.8, 4) is 0 Å². The Kier molecular flexibility index (Phi) is 14.3. The molecule has 11 unspecified atom stereocenters. The van der Waals surface area contributed by atoms with Crippen LogP contribution in [0.4, 0.5) is 0 Å². The predicted molar refractivity (Wildman–Crippen MR) is 154 cm³/mol. The Morgan fingerprint density at radius 1 is 0.976 bits per heavy atom. The Bertz CT molecular complexity index is 800. The maximum absolute atomic E-state index is 12.2. The first-order valence-corrected chi connectivity index (χ1v) is 15.9. The molecule has 0 radical (unpaired) electrons. The van der Waals surface area contributed by atoms with E-state index in [9.17, 15) is 24.9 Å².